The van der Waals surface area contributed by atoms with Gasteiger partial charge in [-0.3, -0.25) is 0 Å². The zero-order chi connectivity index (χ0) is 15.7. The van der Waals surface area contributed by atoms with E-state index in [9.17, 15) is 0 Å². The zero-order valence-electron chi connectivity index (χ0n) is 13.6. The Kier molecular flexibility index (Phi) is 7.81. The average Bonchev–Trinajstić information content (AvgIpc) is 2.49. The van der Waals surface area contributed by atoms with Crippen molar-refractivity contribution in [2.45, 2.75) is 39.3 Å². The van der Waals surface area contributed by atoms with Gasteiger partial charge in [0.15, 0.2) is 0 Å². The molecule has 0 saturated heterocycles. The van der Waals surface area contributed by atoms with Gasteiger partial charge in [-0.1, -0.05) is 6.07 Å². The summed E-state index contributed by atoms with van der Waals surface area (Å²) in [7, 11) is 3.75. The SMILES string of the molecule is COc1ccc(CNCCCCN(C)C(C)C)cc1C#N. The van der Waals surface area contributed by atoms with Crippen molar-refractivity contribution in [3.63, 3.8) is 0 Å². The maximum absolute atomic E-state index is 9.06. The van der Waals surface area contributed by atoms with E-state index in [0.717, 1.165) is 25.2 Å². The molecule has 1 N–H and O–H groups in total. The fourth-order valence-electron chi connectivity index (χ4n) is 2.05. The minimum Gasteiger partial charge on any atom is -0.495 e. The Morgan fingerprint density at radius 3 is 2.71 bits per heavy atom. The van der Waals surface area contributed by atoms with Crippen molar-refractivity contribution in [3.05, 3.63) is 29.3 Å². The van der Waals surface area contributed by atoms with Gasteiger partial charge >= 0.3 is 0 Å². The van der Waals surface area contributed by atoms with E-state index in [0.29, 0.717) is 17.4 Å². The highest BCUT2D eigenvalue weighted by Gasteiger charge is 2.04. The van der Waals surface area contributed by atoms with Crippen LogP contribution in [-0.2, 0) is 6.54 Å². The molecule has 4 heteroatoms. The molecule has 116 valence electrons. The first-order valence-corrected chi connectivity index (χ1v) is 7.56. The Labute approximate surface area is 128 Å². The number of nitrogens with one attached hydrogen (secondary N) is 1. The van der Waals surface area contributed by atoms with Crippen LogP contribution in [0, 0.1) is 11.3 Å². The third-order valence-electron chi connectivity index (χ3n) is 3.71. The number of ether oxygens (including phenoxy) is 1. The molecule has 0 atom stereocenters. The first-order valence-electron chi connectivity index (χ1n) is 7.56. The molecule has 0 aromatic heterocycles. The molecule has 0 radical (unpaired) electrons. The van der Waals surface area contributed by atoms with E-state index in [2.05, 4.69) is 37.2 Å². The number of unbranched alkanes of at least 4 members (excludes halogenated alkanes) is 1. The molecular weight excluding hydrogens is 262 g/mol. The van der Waals surface area contributed by atoms with Gasteiger partial charge in [0.2, 0.25) is 0 Å². The van der Waals surface area contributed by atoms with Gasteiger partial charge in [0.25, 0.3) is 0 Å². The molecule has 0 heterocycles. The molecule has 21 heavy (non-hydrogen) atoms. The van der Waals surface area contributed by atoms with Crippen molar-refractivity contribution >= 4 is 0 Å². The fraction of sp³-hybridized carbons (Fsp3) is 0.588. The lowest BCUT2D eigenvalue weighted by Crippen LogP contribution is -2.27. The van der Waals surface area contributed by atoms with E-state index in [1.807, 2.05) is 18.2 Å². The predicted octanol–water partition coefficient (Wildman–Crippen LogP) is 2.78. The number of rotatable bonds is 9. The Morgan fingerprint density at radius 1 is 1.33 bits per heavy atom. The van der Waals surface area contributed by atoms with Crippen molar-refractivity contribution in [1.29, 1.82) is 5.26 Å². The molecule has 0 aliphatic carbocycles. The van der Waals surface area contributed by atoms with Gasteiger partial charge in [0, 0.05) is 12.6 Å². The van der Waals surface area contributed by atoms with E-state index >= 15 is 0 Å². The van der Waals surface area contributed by atoms with E-state index in [-0.39, 0.29) is 0 Å². The van der Waals surface area contributed by atoms with Crippen LogP contribution in [0.3, 0.4) is 0 Å². The second-order valence-corrected chi connectivity index (χ2v) is 5.60. The van der Waals surface area contributed by atoms with Gasteiger partial charge in [-0.05, 0) is 64.5 Å². The molecule has 0 aliphatic heterocycles. The molecule has 1 aromatic carbocycles. The number of methoxy groups -OCH3 is 1. The van der Waals surface area contributed by atoms with Crippen molar-refractivity contribution < 1.29 is 4.74 Å². The van der Waals surface area contributed by atoms with E-state index in [1.54, 1.807) is 7.11 Å². The summed E-state index contributed by atoms with van der Waals surface area (Å²) >= 11 is 0. The lowest BCUT2D eigenvalue weighted by molar-refractivity contribution is 0.268. The van der Waals surface area contributed by atoms with Gasteiger partial charge in [-0.2, -0.15) is 5.26 Å². The van der Waals surface area contributed by atoms with Crippen LogP contribution in [0.15, 0.2) is 18.2 Å². The summed E-state index contributed by atoms with van der Waals surface area (Å²) in [5.41, 5.74) is 1.71. The lowest BCUT2D eigenvalue weighted by Gasteiger charge is -2.20. The smallest absolute Gasteiger partial charge is 0.136 e. The molecule has 1 aromatic rings. The predicted molar refractivity (Wildman–Crippen MR) is 86.4 cm³/mol. The van der Waals surface area contributed by atoms with Crippen molar-refractivity contribution in [3.8, 4) is 11.8 Å². The molecule has 1 rings (SSSR count). The van der Waals surface area contributed by atoms with E-state index in [1.165, 1.54) is 12.8 Å². The van der Waals surface area contributed by atoms with Gasteiger partial charge in [0.1, 0.15) is 11.8 Å². The summed E-state index contributed by atoms with van der Waals surface area (Å²) in [6, 6.07) is 8.52. The Hall–Kier alpha value is -1.57. The van der Waals surface area contributed by atoms with Crippen molar-refractivity contribution in [2.75, 3.05) is 27.2 Å². The second kappa shape index (κ2) is 9.38. The highest BCUT2D eigenvalue weighted by molar-refractivity contribution is 5.45. The molecule has 0 spiro atoms. The summed E-state index contributed by atoms with van der Waals surface area (Å²) < 4.78 is 5.14. The van der Waals surface area contributed by atoms with Crippen LogP contribution in [0.5, 0.6) is 5.75 Å². The number of benzene rings is 1. The van der Waals surface area contributed by atoms with Crippen molar-refractivity contribution in [2.24, 2.45) is 0 Å². The fourth-order valence-corrected chi connectivity index (χ4v) is 2.05. The Balaban J connectivity index is 2.26. The van der Waals surface area contributed by atoms with Crippen molar-refractivity contribution in [1.82, 2.24) is 10.2 Å². The standard InChI is InChI=1S/C17H27N3O/c1-14(2)20(3)10-6-5-9-19-13-15-7-8-17(21-4)16(11-15)12-18/h7-8,11,14,19H,5-6,9-10,13H2,1-4H3. The summed E-state index contributed by atoms with van der Waals surface area (Å²) in [5.74, 6) is 0.637. The second-order valence-electron chi connectivity index (χ2n) is 5.60. The molecular formula is C17H27N3O. The van der Waals surface area contributed by atoms with Gasteiger partial charge in [-0.25, -0.2) is 0 Å². The Bertz CT molecular complexity index is 466. The summed E-state index contributed by atoms with van der Waals surface area (Å²) in [6.45, 7) is 7.36. The summed E-state index contributed by atoms with van der Waals surface area (Å²) in [6.07, 6.45) is 2.37. The highest BCUT2D eigenvalue weighted by atomic mass is 16.5. The molecule has 0 unspecified atom stereocenters. The molecule has 0 fully saturated rings. The Morgan fingerprint density at radius 2 is 2.10 bits per heavy atom. The number of nitrogens with zero attached hydrogens (tertiary/aromatic N) is 2. The number of hydrogen-bond acceptors (Lipinski definition) is 4. The largest absolute Gasteiger partial charge is 0.495 e. The van der Waals surface area contributed by atoms with Crippen LogP contribution in [0.2, 0.25) is 0 Å². The number of nitriles is 1. The topological polar surface area (TPSA) is 48.3 Å². The van der Waals surface area contributed by atoms with E-state index in [4.69, 9.17) is 10.00 Å². The molecule has 0 bridgehead atoms. The number of hydrogen-bond donors (Lipinski definition) is 1. The third-order valence-corrected chi connectivity index (χ3v) is 3.71. The van der Waals surface area contributed by atoms with Gasteiger partial charge < -0.3 is 15.0 Å². The van der Waals surface area contributed by atoms with Gasteiger partial charge in [-0.15, -0.1) is 0 Å². The first kappa shape index (κ1) is 17.5. The molecule has 4 nitrogen and oxygen atoms in total. The van der Waals surface area contributed by atoms with Crippen LogP contribution in [0.1, 0.15) is 37.8 Å². The lowest BCUT2D eigenvalue weighted by atomic mass is 10.1. The molecule has 0 saturated carbocycles. The summed E-state index contributed by atoms with van der Waals surface area (Å²) in [4.78, 5) is 2.36. The van der Waals surface area contributed by atoms with Crippen LogP contribution in [0.4, 0.5) is 0 Å². The minimum absolute atomic E-state index is 0.593. The highest BCUT2D eigenvalue weighted by Crippen LogP contribution is 2.18. The molecule has 0 aliphatic rings. The first-order chi connectivity index (χ1) is 10.1. The van der Waals surface area contributed by atoms with Crippen LogP contribution in [0.25, 0.3) is 0 Å². The van der Waals surface area contributed by atoms with E-state index < -0.39 is 0 Å². The van der Waals surface area contributed by atoms with Crippen LogP contribution >= 0.6 is 0 Å². The average molecular weight is 289 g/mol. The van der Waals surface area contributed by atoms with Crippen LogP contribution in [-0.4, -0.2) is 38.2 Å². The summed E-state index contributed by atoms with van der Waals surface area (Å²) in [5, 5.41) is 12.5. The molecule has 0 amide bonds. The zero-order valence-corrected chi connectivity index (χ0v) is 13.6. The maximum atomic E-state index is 9.06. The maximum Gasteiger partial charge on any atom is 0.136 e. The normalized spacial score (nSPS) is 10.9. The quantitative estimate of drug-likeness (QED) is 0.710. The third kappa shape index (κ3) is 6.16. The van der Waals surface area contributed by atoms with Gasteiger partial charge in [0.05, 0.1) is 12.7 Å². The monoisotopic (exact) mass is 289 g/mol. The minimum atomic E-state index is 0.593. The van der Waals surface area contributed by atoms with Crippen LogP contribution < -0.4 is 10.1 Å².